The average Bonchev–Trinajstić information content (AvgIpc) is 3.45. The van der Waals surface area contributed by atoms with Gasteiger partial charge in [-0.25, -0.2) is 9.36 Å². The molecule has 1 saturated heterocycles. The second-order valence-corrected chi connectivity index (χ2v) is 7.53. The predicted molar refractivity (Wildman–Crippen MR) is 101 cm³/mol. The zero-order chi connectivity index (χ0) is 19.0. The van der Waals surface area contributed by atoms with Crippen LogP contribution in [-0.4, -0.2) is 68.0 Å². The first-order valence-electron chi connectivity index (χ1n) is 9.64. The van der Waals surface area contributed by atoms with Gasteiger partial charge in [0.15, 0.2) is 5.82 Å². The van der Waals surface area contributed by atoms with Gasteiger partial charge < -0.3 is 4.90 Å². The van der Waals surface area contributed by atoms with Crippen LogP contribution in [0, 0.1) is 19.8 Å². The first kappa shape index (κ1) is 17.9. The van der Waals surface area contributed by atoms with Crippen molar-refractivity contribution >= 4 is 5.91 Å². The topological polar surface area (TPSA) is 76.3 Å². The van der Waals surface area contributed by atoms with E-state index in [1.807, 2.05) is 24.8 Å². The average molecular weight is 370 g/mol. The molecule has 0 aromatic carbocycles. The molecule has 0 unspecified atom stereocenters. The lowest BCUT2D eigenvalue weighted by Gasteiger charge is -2.34. The monoisotopic (exact) mass is 370 g/mol. The number of aromatic nitrogens is 4. The van der Waals surface area contributed by atoms with Crippen molar-refractivity contribution < 1.29 is 4.79 Å². The predicted octanol–water partition coefficient (Wildman–Crippen LogP) is 0.600. The van der Waals surface area contributed by atoms with E-state index < -0.39 is 0 Å². The van der Waals surface area contributed by atoms with Gasteiger partial charge in [0.2, 0.25) is 5.91 Å². The van der Waals surface area contributed by atoms with Gasteiger partial charge in [-0.2, -0.15) is 5.10 Å². The third-order valence-electron chi connectivity index (χ3n) is 5.32. The minimum absolute atomic E-state index is 0.108. The smallest absolute Gasteiger partial charge is 0.266 e. The highest BCUT2D eigenvalue weighted by Crippen LogP contribution is 2.31. The summed E-state index contributed by atoms with van der Waals surface area (Å²) in [4.78, 5) is 28.6. The summed E-state index contributed by atoms with van der Waals surface area (Å²) in [5.41, 5.74) is 1.80. The largest absolute Gasteiger partial charge is 0.340 e. The summed E-state index contributed by atoms with van der Waals surface area (Å²) < 4.78 is 3.26. The molecule has 27 heavy (non-hydrogen) atoms. The highest BCUT2D eigenvalue weighted by atomic mass is 16.2. The van der Waals surface area contributed by atoms with Crippen molar-refractivity contribution in [1.29, 1.82) is 0 Å². The second kappa shape index (κ2) is 7.26. The zero-order valence-corrected chi connectivity index (χ0v) is 16.0. The van der Waals surface area contributed by atoms with Gasteiger partial charge in [0, 0.05) is 50.4 Å². The summed E-state index contributed by atoms with van der Waals surface area (Å²) in [6.07, 6.45) is 2.11. The fourth-order valence-electron chi connectivity index (χ4n) is 3.59. The number of hydrogen-bond donors (Lipinski definition) is 0. The molecule has 2 aromatic heterocycles. The molecule has 1 aliphatic heterocycles. The number of hydrogen-bond acceptors (Lipinski definition) is 5. The molecule has 0 atom stereocenters. The Morgan fingerprint density at radius 1 is 1.07 bits per heavy atom. The Morgan fingerprint density at radius 3 is 2.44 bits per heavy atom. The number of aryl methyl sites for hydroxylation is 2. The summed E-state index contributed by atoms with van der Waals surface area (Å²) in [7, 11) is 0. The minimum Gasteiger partial charge on any atom is -0.340 e. The van der Waals surface area contributed by atoms with Crippen LogP contribution in [0.1, 0.15) is 24.2 Å². The van der Waals surface area contributed by atoms with Crippen LogP contribution in [0.4, 0.5) is 0 Å². The molecule has 0 radical (unpaired) electrons. The van der Waals surface area contributed by atoms with E-state index in [4.69, 9.17) is 0 Å². The zero-order valence-electron chi connectivity index (χ0n) is 16.0. The summed E-state index contributed by atoms with van der Waals surface area (Å²) >= 11 is 0. The van der Waals surface area contributed by atoms with Crippen molar-refractivity contribution in [2.24, 2.45) is 5.92 Å². The highest BCUT2D eigenvalue weighted by Gasteiger charge is 2.34. The maximum Gasteiger partial charge on any atom is 0.266 e. The maximum absolute atomic E-state index is 12.2. The van der Waals surface area contributed by atoms with E-state index in [1.54, 1.807) is 16.8 Å². The van der Waals surface area contributed by atoms with E-state index in [1.165, 1.54) is 4.68 Å². The van der Waals surface area contributed by atoms with E-state index in [9.17, 15) is 9.59 Å². The van der Waals surface area contributed by atoms with Crippen LogP contribution >= 0.6 is 0 Å². The molecule has 2 aromatic rings. The van der Waals surface area contributed by atoms with Crippen molar-refractivity contribution in [2.75, 3.05) is 32.7 Å². The molecular formula is C19H26N6O2. The van der Waals surface area contributed by atoms with Crippen LogP contribution in [0.5, 0.6) is 0 Å². The molecule has 144 valence electrons. The highest BCUT2D eigenvalue weighted by molar-refractivity contribution is 5.81. The molecule has 8 nitrogen and oxygen atoms in total. The van der Waals surface area contributed by atoms with Crippen LogP contribution in [0.15, 0.2) is 23.0 Å². The summed E-state index contributed by atoms with van der Waals surface area (Å²) in [6.45, 7) is 8.45. The van der Waals surface area contributed by atoms with Crippen LogP contribution in [-0.2, 0) is 11.3 Å². The fraction of sp³-hybridized carbons (Fsp3) is 0.579. The first-order chi connectivity index (χ1) is 13.0. The number of carbonyl (C=O) groups excluding carboxylic acids is 1. The number of carbonyl (C=O) groups is 1. The normalized spacial score (nSPS) is 18.1. The summed E-state index contributed by atoms with van der Waals surface area (Å²) in [5.74, 6) is 1.27. The van der Waals surface area contributed by atoms with E-state index in [0.717, 1.165) is 57.0 Å². The lowest BCUT2D eigenvalue weighted by molar-refractivity contribution is -0.134. The number of nitrogens with zero attached hydrogens (tertiary/aromatic N) is 6. The third-order valence-corrected chi connectivity index (χ3v) is 5.32. The van der Waals surface area contributed by atoms with E-state index in [2.05, 4.69) is 15.1 Å². The van der Waals surface area contributed by atoms with Gasteiger partial charge in [0.25, 0.3) is 5.56 Å². The van der Waals surface area contributed by atoms with Crippen LogP contribution in [0.25, 0.3) is 5.82 Å². The Labute approximate surface area is 158 Å². The molecule has 1 saturated carbocycles. The van der Waals surface area contributed by atoms with Crippen molar-refractivity contribution in [3.05, 3.63) is 39.9 Å². The van der Waals surface area contributed by atoms with Crippen LogP contribution in [0.3, 0.4) is 0 Å². The maximum atomic E-state index is 12.2. The Bertz CT molecular complexity index is 890. The van der Waals surface area contributed by atoms with Gasteiger partial charge in [-0.15, -0.1) is 5.10 Å². The summed E-state index contributed by atoms with van der Waals surface area (Å²) in [6, 6.07) is 5.24. The lowest BCUT2D eigenvalue weighted by Crippen LogP contribution is -2.50. The van der Waals surface area contributed by atoms with E-state index in [0.29, 0.717) is 18.3 Å². The summed E-state index contributed by atoms with van der Waals surface area (Å²) in [5, 5.41) is 8.93. The number of piperazine rings is 1. The van der Waals surface area contributed by atoms with Crippen LogP contribution in [0.2, 0.25) is 0 Å². The number of rotatable bonds is 5. The first-order valence-corrected chi connectivity index (χ1v) is 9.64. The van der Waals surface area contributed by atoms with Crippen LogP contribution < -0.4 is 5.56 Å². The second-order valence-electron chi connectivity index (χ2n) is 7.53. The van der Waals surface area contributed by atoms with Gasteiger partial charge in [-0.05, 0) is 38.8 Å². The van der Waals surface area contributed by atoms with Gasteiger partial charge in [-0.3, -0.25) is 14.5 Å². The third kappa shape index (κ3) is 3.95. The molecule has 4 rings (SSSR count). The fourth-order valence-corrected chi connectivity index (χ4v) is 3.59. The molecule has 2 fully saturated rings. The molecule has 1 aliphatic carbocycles. The van der Waals surface area contributed by atoms with Crippen molar-refractivity contribution in [1.82, 2.24) is 29.4 Å². The molecule has 2 aliphatic rings. The van der Waals surface area contributed by atoms with Crippen molar-refractivity contribution in [3.8, 4) is 5.82 Å². The van der Waals surface area contributed by atoms with E-state index in [-0.39, 0.29) is 11.5 Å². The Balaban J connectivity index is 1.37. The molecule has 8 heteroatoms. The van der Waals surface area contributed by atoms with Gasteiger partial charge in [0.05, 0.1) is 12.2 Å². The van der Waals surface area contributed by atoms with Crippen molar-refractivity contribution in [3.63, 3.8) is 0 Å². The standard InChI is InChI=1S/C19H26N6O2/c1-14-13-15(2)25(20-14)17-5-6-18(26)24(21-17)12-9-22-7-10-23(11-8-22)19(27)16-3-4-16/h5-6,13,16H,3-4,7-12H2,1-2H3. The lowest BCUT2D eigenvalue weighted by atomic mass is 10.2. The molecule has 0 bridgehead atoms. The van der Waals surface area contributed by atoms with Gasteiger partial charge in [-0.1, -0.05) is 0 Å². The molecule has 3 heterocycles. The van der Waals surface area contributed by atoms with Gasteiger partial charge in [0.1, 0.15) is 0 Å². The van der Waals surface area contributed by atoms with E-state index >= 15 is 0 Å². The molecule has 0 N–H and O–H groups in total. The Kier molecular flexibility index (Phi) is 4.82. The quantitative estimate of drug-likeness (QED) is 0.770. The Morgan fingerprint density at radius 2 is 1.81 bits per heavy atom. The molecule has 1 amide bonds. The Hall–Kier alpha value is -2.48. The van der Waals surface area contributed by atoms with Gasteiger partial charge >= 0.3 is 0 Å². The molecule has 0 spiro atoms. The van der Waals surface area contributed by atoms with Crippen molar-refractivity contribution in [2.45, 2.75) is 33.2 Å². The minimum atomic E-state index is -0.108. The molecular weight excluding hydrogens is 344 g/mol. The SMILES string of the molecule is Cc1cc(C)n(-c2ccc(=O)n(CCN3CCN(C(=O)C4CC4)CC3)n2)n1. The number of amides is 1.